The van der Waals surface area contributed by atoms with E-state index in [0.29, 0.717) is 6.54 Å². The Bertz CT molecular complexity index is 683. The molecule has 19 heavy (non-hydrogen) atoms. The zero-order chi connectivity index (χ0) is 13.2. The Morgan fingerprint density at radius 3 is 2.74 bits per heavy atom. The molecular formula is C14H13N3O2. The highest BCUT2D eigenvalue weighted by atomic mass is 16.5. The number of hydrogen-bond donors (Lipinski definition) is 1. The number of imidazole rings is 1. The van der Waals surface area contributed by atoms with E-state index < -0.39 is 0 Å². The average Bonchev–Trinajstić information content (AvgIpc) is 3.00. The minimum Gasteiger partial charge on any atom is -0.508 e. The minimum atomic E-state index is 0.237. The predicted molar refractivity (Wildman–Crippen MR) is 69.7 cm³/mol. The summed E-state index contributed by atoms with van der Waals surface area (Å²) in [6.45, 7) is 2.55. The summed E-state index contributed by atoms with van der Waals surface area (Å²) in [7, 11) is 0. The van der Waals surface area contributed by atoms with Gasteiger partial charge in [-0.1, -0.05) is 5.16 Å². The maximum atomic E-state index is 9.25. The molecule has 2 heterocycles. The molecular weight excluding hydrogens is 242 g/mol. The molecule has 0 radical (unpaired) electrons. The molecule has 0 spiro atoms. The van der Waals surface area contributed by atoms with Crippen molar-refractivity contribution in [2.45, 2.75) is 13.5 Å². The molecule has 3 rings (SSSR count). The number of hydrogen-bond acceptors (Lipinski definition) is 4. The molecule has 5 heteroatoms. The third-order valence-corrected chi connectivity index (χ3v) is 2.82. The molecule has 5 nitrogen and oxygen atoms in total. The van der Waals surface area contributed by atoms with Crippen LogP contribution in [0, 0.1) is 6.92 Å². The summed E-state index contributed by atoms with van der Waals surface area (Å²) in [6, 6.07) is 8.75. The van der Waals surface area contributed by atoms with Crippen LogP contribution in [0.2, 0.25) is 0 Å². The summed E-state index contributed by atoms with van der Waals surface area (Å²) in [6.07, 6.45) is 3.71. The number of aromatic nitrogens is 3. The van der Waals surface area contributed by atoms with E-state index in [4.69, 9.17) is 4.52 Å². The molecule has 1 N–H and O–H groups in total. The molecule has 96 valence electrons. The second kappa shape index (κ2) is 4.61. The number of phenols is 1. The summed E-state index contributed by atoms with van der Waals surface area (Å²) in [5.41, 5.74) is 2.64. The van der Waals surface area contributed by atoms with E-state index in [1.54, 1.807) is 30.6 Å². The van der Waals surface area contributed by atoms with Gasteiger partial charge in [0.05, 0.1) is 18.6 Å². The second-order valence-electron chi connectivity index (χ2n) is 4.41. The molecule has 0 aliphatic carbocycles. The highest BCUT2D eigenvalue weighted by molar-refractivity contribution is 5.59. The molecule has 2 aromatic heterocycles. The predicted octanol–water partition coefficient (Wildman–Crippen LogP) is 2.60. The first-order valence-corrected chi connectivity index (χ1v) is 5.94. The first kappa shape index (κ1) is 11.5. The maximum Gasteiger partial charge on any atom is 0.157 e. The van der Waals surface area contributed by atoms with Crippen molar-refractivity contribution >= 4 is 0 Å². The van der Waals surface area contributed by atoms with Crippen LogP contribution < -0.4 is 0 Å². The maximum absolute atomic E-state index is 9.25. The summed E-state index contributed by atoms with van der Waals surface area (Å²) in [5.74, 6) is 1.00. The van der Waals surface area contributed by atoms with Gasteiger partial charge in [0.1, 0.15) is 11.4 Å². The molecule has 0 aliphatic heterocycles. The van der Waals surface area contributed by atoms with Gasteiger partial charge in [0.2, 0.25) is 0 Å². The van der Waals surface area contributed by atoms with Gasteiger partial charge in [-0.05, 0) is 31.2 Å². The molecule has 0 amide bonds. The Labute approximate surface area is 110 Å². The smallest absolute Gasteiger partial charge is 0.157 e. The lowest BCUT2D eigenvalue weighted by molar-refractivity contribution is 0.378. The van der Waals surface area contributed by atoms with Crippen molar-refractivity contribution in [3.8, 4) is 17.0 Å². The van der Waals surface area contributed by atoms with Crippen LogP contribution in [-0.2, 0) is 6.54 Å². The average molecular weight is 255 g/mol. The van der Waals surface area contributed by atoms with Crippen LogP contribution in [0.15, 0.2) is 47.4 Å². The molecule has 0 bridgehead atoms. The number of nitrogens with zero attached hydrogens (tertiary/aromatic N) is 3. The Morgan fingerprint density at radius 1 is 1.26 bits per heavy atom. The molecule has 1 aromatic carbocycles. The first-order chi connectivity index (χ1) is 9.20. The van der Waals surface area contributed by atoms with Crippen molar-refractivity contribution in [2.75, 3.05) is 0 Å². The lowest BCUT2D eigenvalue weighted by Crippen LogP contribution is -1.94. The fraction of sp³-hybridized carbons (Fsp3) is 0.143. The van der Waals surface area contributed by atoms with Crippen LogP contribution in [0.5, 0.6) is 5.75 Å². The van der Waals surface area contributed by atoms with Gasteiger partial charge in [-0.25, -0.2) is 4.98 Å². The minimum absolute atomic E-state index is 0.237. The molecule has 0 unspecified atom stereocenters. The van der Waals surface area contributed by atoms with Crippen molar-refractivity contribution in [2.24, 2.45) is 0 Å². The number of aryl methyl sites for hydroxylation is 1. The van der Waals surface area contributed by atoms with Crippen LogP contribution in [0.3, 0.4) is 0 Å². The van der Waals surface area contributed by atoms with Crippen LogP contribution in [0.4, 0.5) is 0 Å². The fourth-order valence-electron chi connectivity index (χ4n) is 1.89. The highest BCUT2D eigenvalue weighted by Crippen LogP contribution is 2.21. The standard InChI is InChI=1S/C14H13N3O2/c1-10-7-17(9-15-10)8-13-6-14(16-19-13)11-2-4-12(18)5-3-11/h2-7,9,18H,8H2,1H3. The fourth-order valence-corrected chi connectivity index (χ4v) is 1.89. The number of aromatic hydroxyl groups is 1. The third kappa shape index (κ3) is 2.49. The molecule has 0 atom stereocenters. The normalized spacial score (nSPS) is 10.8. The highest BCUT2D eigenvalue weighted by Gasteiger charge is 2.07. The van der Waals surface area contributed by atoms with Gasteiger partial charge in [0.25, 0.3) is 0 Å². The van der Waals surface area contributed by atoms with E-state index in [2.05, 4.69) is 10.1 Å². The molecule has 0 fully saturated rings. The monoisotopic (exact) mass is 255 g/mol. The van der Waals surface area contributed by atoms with Crippen LogP contribution in [0.1, 0.15) is 11.5 Å². The van der Waals surface area contributed by atoms with Crippen LogP contribution in [-0.4, -0.2) is 19.8 Å². The second-order valence-corrected chi connectivity index (χ2v) is 4.41. The molecule has 0 saturated heterocycles. The molecule has 3 aromatic rings. The van der Waals surface area contributed by atoms with Gasteiger partial charge in [-0.15, -0.1) is 0 Å². The Morgan fingerprint density at radius 2 is 2.05 bits per heavy atom. The zero-order valence-corrected chi connectivity index (χ0v) is 10.4. The van der Waals surface area contributed by atoms with E-state index in [1.165, 1.54) is 0 Å². The van der Waals surface area contributed by atoms with E-state index in [0.717, 1.165) is 22.7 Å². The van der Waals surface area contributed by atoms with Gasteiger partial charge < -0.3 is 14.2 Å². The summed E-state index contributed by atoms with van der Waals surface area (Å²) in [5, 5.41) is 13.3. The van der Waals surface area contributed by atoms with Gasteiger partial charge >= 0.3 is 0 Å². The lowest BCUT2D eigenvalue weighted by Gasteiger charge is -1.95. The van der Waals surface area contributed by atoms with Gasteiger partial charge in [-0.2, -0.15) is 0 Å². The van der Waals surface area contributed by atoms with Gasteiger partial charge in [0.15, 0.2) is 5.76 Å². The third-order valence-electron chi connectivity index (χ3n) is 2.82. The van der Waals surface area contributed by atoms with Crippen molar-refractivity contribution in [1.82, 2.24) is 14.7 Å². The van der Waals surface area contributed by atoms with Gasteiger partial charge in [-0.3, -0.25) is 0 Å². The van der Waals surface area contributed by atoms with E-state index in [-0.39, 0.29) is 5.75 Å². The van der Waals surface area contributed by atoms with E-state index in [1.807, 2.05) is 23.8 Å². The van der Waals surface area contributed by atoms with Crippen molar-refractivity contribution in [1.29, 1.82) is 0 Å². The van der Waals surface area contributed by atoms with Crippen molar-refractivity contribution in [3.05, 3.63) is 54.3 Å². The van der Waals surface area contributed by atoms with E-state index in [9.17, 15) is 5.11 Å². The Hall–Kier alpha value is -2.56. The quantitative estimate of drug-likeness (QED) is 0.781. The number of rotatable bonds is 3. The summed E-state index contributed by atoms with van der Waals surface area (Å²) < 4.78 is 7.24. The zero-order valence-electron chi connectivity index (χ0n) is 10.4. The number of benzene rings is 1. The summed E-state index contributed by atoms with van der Waals surface area (Å²) >= 11 is 0. The SMILES string of the molecule is Cc1cn(Cc2cc(-c3ccc(O)cc3)no2)cn1. The van der Waals surface area contributed by atoms with E-state index >= 15 is 0 Å². The Kier molecular flexibility index (Phi) is 2.79. The number of phenolic OH excluding ortho intramolecular Hbond substituents is 1. The van der Waals surface area contributed by atoms with Crippen LogP contribution >= 0.6 is 0 Å². The summed E-state index contributed by atoms with van der Waals surface area (Å²) in [4.78, 5) is 4.16. The van der Waals surface area contributed by atoms with Crippen molar-refractivity contribution < 1.29 is 9.63 Å². The first-order valence-electron chi connectivity index (χ1n) is 5.94. The largest absolute Gasteiger partial charge is 0.508 e. The molecule has 0 saturated carbocycles. The molecule has 0 aliphatic rings. The topological polar surface area (TPSA) is 64.1 Å². The lowest BCUT2D eigenvalue weighted by atomic mass is 10.1. The Balaban J connectivity index is 1.81. The van der Waals surface area contributed by atoms with Gasteiger partial charge in [0, 0.05) is 17.8 Å². The van der Waals surface area contributed by atoms with Crippen molar-refractivity contribution in [3.63, 3.8) is 0 Å². The van der Waals surface area contributed by atoms with Crippen LogP contribution in [0.25, 0.3) is 11.3 Å².